The number of carbonyl (C=O) groups excluding carboxylic acids is 1. The predicted octanol–water partition coefficient (Wildman–Crippen LogP) is 2.80. The molecule has 0 atom stereocenters. The Morgan fingerprint density at radius 3 is 2.90 bits per heavy atom. The lowest BCUT2D eigenvalue weighted by atomic mass is 10.0. The Bertz CT molecular complexity index is 770. The van der Waals surface area contributed by atoms with Crippen LogP contribution in [-0.4, -0.2) is 15.9 Å². The molecular weight excluding hydrogens is 284 g/mol. The zero-order valence-corrected chi connectivity index (χ0v) is 12.4. The van der Waals surface area contributed by atoms with E-state index in [0.717, 1.165) is 34.6 Å². The maximum atomic E-state index is 12.0. The maximum Gasteiger partial charge on any atom is 0.236 e. The van der Waals surface area contributed by atoms with Gasteiger partial charge in [-0.05, 0) is 43.5 Å². The summed E-state index contributed by atoms with van der Waals surface area (Å²) < 4.78 is 0. The summed E-state index contributed by atoms with van der Waals surface area (Å²) in [4.78, 5) is 21.7. The zero-order valence-electron chi connectivity index (χ0n) is 11.5. The van der Waals surface area contributed by atoms with Crippen molar-refractivity contribution in [2.75, 3.05) is 10.6 Å². The molecule has 2 N–H and O–H groups in total. The van der Waals surface area contributed by atoms with Crippen LogP contribution < -0.4 is 10.6 Å². The molecule has 4 rings (SSSR count). The quantitative estimate of drug-likeness (QED) is 0.746. The molecule has 0 saturated heterocycles. The predicted molar refractivity (Wildman–Crippen MR) is 83.3 cm³/mol. The summed E-state index contributed by atoms with van der Waals surface area (Å²) in [6, 6.07) is 5.82. The van der Waals surface area contributed by atoms with E-state index < -0.39 is 0 Å². The third-order valence-corrected chi connectivity index (χ3v) is 4.46. The molecule has 1 aromatic heterocycles. The molecule has 0 bridgehead atoms. The van der Waals surface area contributed by atoms with Crippen molar-refractivity contribution in [3.05, 3.63) is 35.5 Å². The minimum Gasteiger partial charge on any atom is -0.324 e. The number of nitrogens with zero attached hydrogens (tertiary/aromatic N) is 2. The van der Waals surface area contributed by atoms with Crippen LogP contribution in [0.1, 0.15) is 24.0 Å². The number of hydrogen-bond donors (Lipinski definition) is 3. The zero-order chi connectivity index (χ0) is 14.6. The highest BCUT2D eigenvalue weighted by Crippen LogP contribution is 2.54. The number of anilines is 3. The van der Waals surface area contributed by atoms with Gasteiger partial charge in [0.1, 0.15) is 5.82 Å². The smallest absolute Gasteiger partial charge is 0.236 e. The molecule has 1 fully saturated rings. The normalized spacial score (nSPS) is 17.5. The molecule has 1 amide bonds. The number of fused-ring (bicyclic) bond motifs is 2. The first-order chi connectivity index (χ1) is 10.1. The summed E-state index contributed by atoms with van der Waals surface area (Å²) in [6.07, 6.45) is 3.55. The Kier molecular flexibility index (Phi) is 2.53. The second-order valence-corrected chi connectivity index (χ2v) is 6.13. The van der Waals surface area contributed by atoms with Crippen LogP contribution >= 0.6 is 12.6 Å². The fraction of sp³-hybridized carbons (Fsp3) is 0.267. The number of aryl methyl sites for hydroxylation is 1. The minimum atomic E-state index is -0.336. The van der Waals surface area contributed by atoms with E-state index in [9.17, 15) is 4.79 Å². The lowest BCUT2D eigenvalue weighted by Crippen LogP contribution is -2.18. The Labute approximate surface area is 127 Å². The molecule has 106 valence electrons. The topological polar surface area (TPSA) is 66.9 Å². The average molecular weight is 298 g/mol. The van der Waals surface area contributed by atoms with E-state index >= 15 is 0 Å². The van der Waals surface area contributed by atoms with Crippen molar-refractivity contribution < 1.29 is 4.79 Å². The fourth-order valence-corrected chi connectivity index (χ4v) is 3.04. The van der Waals surface area contributed by atoms with Gasteiger partial charge < -0.3 is 10.6 Å². The monoisotopic (exact) mass is 298 g/mol. The highest BCUT2D eigenvalue weighted by Gasteiger charge is 2.57. The van der Waals surface area contributed by atoms with E-state index in [1.807, 2.05) is 25.1 Å². The van der Waals surface area contributed by atoms with Crippen molar-refractivity contribution in [2.24, 2.45) is 0 Å². The summed E-state index contributed by atoms with van der Waals surface area (Å²) in [5, 5.41) is 6.04. The van der Waals surface area contributed by atoms with Gasteiger partial charge in [-0.3, -0.25) is 4.79 Å². The van der Waals surface area contributed by atoms with Gasteiger partial charge in [0.05, 0.1) is 5.41 Å². The summed E-state index contributed by atoms with van der Waals surface area (Å²) in [5.74, 6) is 1.18. The second kappa shape index (κ2) is 4.21. The number of carbonyl (C=O) groups is 1. The van der Waals surface area contributed by atoms with Gasteiger partial charge in [0.25, 0.3) is 0 Å². The number of thiol groups is 1. The van der Waals surface area contributed by atoms with E-state index in [1.54, 1.807) is 6.20 Å². The van der Waals surface area contributed by atoms with Gasteiger partial charge in [-0.2, -0.15) is 4.98 Å². The molecule has 1 saturated carbocycles. The van der Waals surface area contributed by atoms with Crippen molar-refractivity contribution in [3.8, 4) is 0 Å². The first-order valence-electron chi connectivity index (χ1n) is 6.84. The van der Waals surface area contributed by atoms with Crippen molar-refractivity contribution in [1.29, 1.82) is 0 Å². The number of aromatic nitrogens is 2. The fourth-order valence-electron chi connectivity index (χ4n) is 2.77. The summed E-state index contributed by atoms with van der Waals surface area (Å²) in [7, 11) is 0. The van der Waals surface area contributed by atoms with Crippen molar-refractivity contribution in [1.82, 2.24) is 9.97 Å². The maximum absolute atomic E-state index is 12.0. The van der Waals surface area contributed by atoms with Gasteiger partial charge in [0, 0.05) is 22.3 Å². The molecular formula is C15H14N4OS. The first-order valence-corrected chi connectivity index (χ1v) is 7.29. The second-order valence-electron chi connectivity index (χ2n) is 5.62. The summed E-state index contributed by atoms with van der Waals surface area (Å²) >= 11 is 4.31. The summed E-state index contributed by atoms with van der Waals surface area (Å²) in [5.41, 5.74) is 2.59. The molecule has 2 heterocycles. The van der Waals surface area contributed by atoms with Crippen LogP contribution in [0.15, 0.2) is 29.3 Å². The van der Waals surface area contributed by atoms with E-state index in [0.29, 0.717) is 11.8 Å². The third-order valence-electron chi connectivity index (χ3n) is 4.18. The lowest BCUT2D eigenvalue weighted by molar-refractivity contribution is -0.117. The lowest BCUT2D eigenvalue weighted by Gasteiger charge is -2.09. The number of benzene rings is 1. The molecule has 1 aliphatic carbocycles. The molecule has 1 spiro atoms. The standard InChI is InChI=1S/C15H14N4OS/c1-8-6-9(21)2-3-11(8)17-14-16-7-10-12(19-14)18-13(20)15(10)4-5-15/h2-3,6-7,21H,4-5H2,1H3,(H2,16,17,18,19,20). The van der Waals surface area contributed by atoms with Gasteiger partial charge >= 0.3 is 0 Å². The molecule has 5 nitrogen and oxygen atoms in total. The van der Waals surface area contributed by atoms with Gasteiger partial charge in [0.2, 0.25) is 11.9 Å². The average Bonchev–Trinajstić information content (AvgIpc) is 3.18. The van der Waals surface area contributed by atoms with Crippen LogP contribution in [0, 0.1) is 6.92 Å². The van der Waals surface area contributed by atoms with Gasteiger partial charge in [-0.25, -0.2) is 4.98 Å². The number of rotatable bonds is 2. The summed E-state index contributed by atoms with van der Waals surface area (Å²) in [6.45, 7) is 2.00. The van der Waals surface area contributed by atoms with E-state index in [4.69, 9.17) is 0 Å². The van der Waals surface area contributed by atoms with Crippen LogP contribution in [0.4, 0.5) is 17.5 Å². The highest BCUT2D eigenvalue weighted by atomic mass is 32.1. The van der Waals surface area contributed by atoms with Crippen LogP contribution in [0.2, 0.25) is 0 Å². The largest absolute Gasteiger partial charge is 0.324 e. The molecule has 21 heavy (non-hydrogen) atoms. The molecule has 6 heteroatoms. The molecule has 2 aromatic rings. The first kappa shape index (κ1) is 12.6. The van der Waals surface area contributed by atoms with Crippen molar-refractivity contribution in [2.45, 2.75) is 30.1 Å². The SMILES string of the molecule is Cc1cc(S)ccc1Nc1ncc2c(n1)NC(=O)C21CC1. The molecule has 0 radical (unpaired) electrons. The third kappa shape index (κ3) is 1.90. The Morgan fingerprint density at radius 2 is 2.19 bits per heavy atom. The van der Waals surface area contributed by atoms with Crippen molar-refractivity contribution >= 4 is 36.0 Å². The van der Waals surface area contributed by atoms with Gasteiger partial charge in [0.15, 0.2) is 0 Å². The van der Waals surface area contributed by atoms with Crippen LogP contribution in [0.25, 0.3) is 0 Å². The van der Waals surface area contributed by atoms with Crippen LogP contribution in [-0.2, 0) is 10.2 Å². The van der Waals surface area contributed by atoms with E-state index in [1.165, 1.54) is 0 Å². The number of nitrogens with one attached hydrogen (secondary N) is 2. The number of hydrogen-bond acceptors (Lipinski definition) is 5. The molecule has 1 aliphatic heterocycles. The van der Waals surface area contributed by atoms with Crippen molar-refractivity contribution in [3.63, 3.8) is 0 Å². The molecule has 0 unspecified atom stereocenters. The van der Waals surface area contributed by atoms with Crippen LogP contribution in [0.3, 0.4) is 0 Å². The Hall–Kier alpha value is -2.08. The van der Waals surface area contributed by atoms with Gasteiger partial charge in [-0.1, -0.05) is 0 Å². The van der Waals surface area contributed by atoms with E-state index in [2.05, 4.69) is 33.2 Å². The Balaban J connectivity index is 1.66. The number of amides is 1. The van der Waals surface area contributed by atoms with E-state index in [-0.39, 0.29) is 11.3 Å². The molecule has 1 aromatic carbocycles. The Morgan fingerprint density at radius 1 is 1.38 bits per heavy atom. The van der Waals surface area contributed by atoms with Gasteiger partial charge in [-0.15, -0.1) is 12.6 Å². The minimum absolute atomic E-state index is 0.0551. The molecule has 2 aliphatic rings. The highest BCUT2D eigenvalue weighted by molar-refractivity contribution is 7.80. The van der Waals surface area contributed by atoms with Crippen LogP contribution in [0.5, 0.6) is 0 Å².